The minimum atomic E-state index is -0.793. The molecule has 1 aliphatic heterocycles. The highest BCUT2D eigenvalue weighted by atomic mass is 16.5. The van der Waals surface area contributed by atoms with Gasteiger partial charge in [-0.25, -0.2) is 4.79 Å². The molecule has 3 unspecified atom stereocenters. The molecule has 4 heteroatoms. The Bertz CT molecular complexity index is 826. The molecule has 2 N–H and O–H groups in total. The number of fused-ring (bicyclic) bond motifs is 3. The predicted octanol–water partition coefficient (Wildman–Crippen LogP) is 4.11. The maximum Gasteiger partial charge on any atom is 0.326 e. The zero-order valence-corrected chi connectivity index (χ0v) is 14.1. The van der Waals surface area contributed by atoms with Crippen LogP contribution in [-0.2, 0) is 11.4 Å². The summed E-state index contributed by atoms with van der Waals surface area (Å²) in [7, 11) is 0. The Morgan fingerprint density at radius 1 is 1.24 bits per heavy atom. The molecule has 0 radical (unpaired) electrons. The van der Waals surface area contributed by atoms with Crippen LogP contribution in [0.25, 0.3) is 0 Å². The number of aliphatic carboxylic acids is 1. The Labute approximate surface area is 147 Å². The van der Waals surface area contributed by atoms with Crippen molar-refractivity contribution >= 4 is 11.7 Å². The summed E-state index contributed by atoms with van der Waals surface area (Å²) < 4.78 is 5.91. The summed E-state index contributed by atoms with van der Waals surface area (Å²) in [5.41, 5.74) is 4.26. The summed E-state index contributed by atoms with van der Waals surface area (Å²) in [5.74, 6) is 0.265. The van der Waals surface area contributed by atoms with Crippen molar-refractivity contribution in [1.29, 1.82) is 0 Å². The van der Waals surface area contributed by atoms with E-state index in [9.17, 15) is 9.90 Å². The molecule has 0 saturated carbocycles. The number of ether oxygens (including phenoxy) is 1. The lowest BCUT2D eigenvalue weighted by molar-refractivity contribution is -0.139. The minimum absolute atomic E-state index is 0.0817. The fourth-order valence-corrected chi connectivity index (χ4v) is 3.85. The molecule has 4 nitrogen and oxygen atoms in total. The van der Waals surface area contributed by atoms with E-state index in [1.807, 2.05) is 43.3 Å². The highest BCUT2D eigenvalue weighted by molar-refractivity contribution is 5.81. The van der Waals surface area contributed by atoms with Crippen LogP contribution in [-0.4, -0.2) is 17.1 Å². The van der Waals surface area contributed by atoms with Gasteiger partial charge in [-0.1, -0.05) is 48.0 Å². The first kappa shape index (κ1) is 15.8. The van der Waals surface area contributed by atoms with Gasteiger partial charge in [-0.15, -0.1) is 0 Å². The van der Waals surface area contributed by atoms with Crippen LogP contribution in [0.15, 0.2) is 54.6 Å². The average Bonchev–Trinajstić information content (AvgIpc) is 3.10. The van der Waals surface area contributed by atoms with Gasteiger partial charge in [-0.3, -0.25) is 0 Å². The molecule has 0 bridgehead atoms. The predicted molar refractivity (Wildman–Crippen MR) is 97.0 cm³/mol. The van der Waals surface area contributed by atoms with E-state index in [-0.39, 0.29) is 11.8 Å². The molecular formula is C21H21NO3. The van der Waals surface area contributed by atoms with Gasteiger partial charge in [0.2, 0.25) is 0 Å². The lowest BCUT2D eigenvalue weighted by atomic mass is 9.78. The molecule has 0 spiro atoms. The lowest BCUT2D eigenvalue weighted by Gasteiger charge is -2.35. The zero-order chi connectivity index (χ0) is 17.4. The Morgan fingerprint density at radius 2 is 2.04 bits per heavy atom. The maximum atomic E-state index is 11.7. The summed E-state index contributed by atoms with van der Waals surface area (Å²) in [6, 6.07) is 13.5. The Morgan fingerprint density at radius 3 is 2.80 bits per heavy atom. The summed E-state index contributed by atoms with van der Waals surface area (Å²) >= 11 is 0. The van der Waals surface area contributed by atoms with Crippen molar-refractivity contribution in [3.05, 3.63) is 71.3 Å². The smallest absolute Gasteiger partial charge is 0.326 e. The number of carboxylic acids is 1. The van der Waals surface area contributed by atoms with E-state index < -0.39 is 12.0 Å². The summed E-state index contributed by atoms with van der Waals surface area (Å²) in [6.45, 7) is 2.45. The second kappa shape index (κ2) is 6.28. The SMILES string of the molecule is Cc1ccc(OCc2cccc3c2NC(C(=O)O)C2CC=CC32)cc1. The fourth-order valence-electron chi connectivity index (χ4n) is 3.85. The van der Waals surface area contributed by atoms with E-state index in [2.05, 4.69) is 23.5 Å². The van der Waals surface area contributed by atoms with Gasteiger partial charge in [0, 0.05) is 23.1 Å². The first-order valence-corrected chi connectivity index (χ1v) is 8.61. The van der Waals surface area contributed by atoms with E-state index in [0.717, 1.165) is 23.4 Å². The van der Waals surface area contributed by atoms with Crippen molar-refractivity contribution in [3.8, 4) is 5.75 Å². The number of carboxylic acid groups (broad SMARTS) is 1. The molecule has 3 atom stereocenters. The molecule has 1 aliphatic carbocycles. The molecule has 4 rings (SSSR count). The molecule has 2 aromatic rings. The Balaban J connectivity index is 1.62. The number of para-hydroxylation sites is 1. The third-order valence-electron chi connectivity index (χ3n) is 5.16. The number of nitrogens with one attached hydrogen (secondary N) is 1. The van der Waals surface area contributed by atoms with Gasteiger partial charge in [-0.2, -0.15) is 0 Å². The fraction of sp³-hybridized carbons (Fsp3) is 0.286. The minimum Gasteiger partial charge on any atom is -0.489 e. The van der Waals surface area contributed by atoms with E-state index >= 15 is 0 Å². The number of benzene rings is 2. The van der Waals surface area contributed by atoms with Crippen LogP contribution in [0.5, 0.6) is 5.75 Å². The highest BCUT2D eigenvalue weighted by Crippen LogP contribution is 2.45. The number of carbonyl (C=O) groups is 1. The van der Waals surface area contributed by atoms with Gasteiger partial charge in [0.1, 0.15) is 18.4 Å². The van der Waals surface area contributed by atoms with E-state index in [1.165, 1.54) is 11.1 Å². The largest absolute Gasteiger partial charge is 0.489 e. The normalized spacial score (nSPS) is 23.5. The molecule has 1 heterocycles. The third-order valence-corrected chi connectivity index (χ3v) is 5.16. The summed E-state index contributed by atoms with van der Waals surface area (Å²) in [4.78, 5) is 11.7. The monoisotopic (exact) mass is 335 g/mol. The Hall–Kier alpha value is -2.75. The van der Waals surface area contributed by atoms with Gasteiger partial charge in [0.25, 0.3) is 0 Å². The van der Waals surface area contributed by atoms with Crippen molar-refractivity contribution in [3.63, 3.8) is 0 Å². The highest BCUT2D eigenvalue weighted by Gasteiger charge is 2.41. The Kier molecular flexibility index (Phi) is 3.96. The van der Waals surface area contributed by atoms with E-state index in [1.54, 1.807) is 0 Å². The summed E-state index contributed by atoms with van der Waals surface area (Å²) in [6.07, 6.45) is 5.04. The van der Waals surface area contributed by atoms with Crippen LogP contribution in [0.3, 0.4) is 0 Å². The van der Waals surface area contributed by atoms with Crippen LogP contribution in [0.4, 0.5) is 5.69 Å². The first-order valence-electron chi connectivity index (χ1n) is 8.61. The second-order valence-electron chi connectivity index (χ2n) is 6.80. The number of hydrogen-bond acceptors (Lipinski definition) is 3. The van der Waals surface area contributed by atoms with Gasteiger partial charge in [0.05, 0.1) is 0 Å². The van der Waals surface area contributed by atoms with Crippen molar-refractivity contribution in [1.82, 2.24) is 0 Å². The van der Waals surface area contributed by atoms with Crippen molar-refractivity contribution in [2.45, 2.75) is 31.9 Å². The number of rotatable bonds is 4. The van der Waals surface area contributed by atoms with Crippen molar-refractivity contribution in [2.75, 3.05) is 5.32 Å². The quantitative estimate of drug-likeness (QED) is 0.826. The molecular weight excluding hydrogens is 314 g/mol. The maximum absolute atomic E-state index is 11.7. The molecule has 0 amide bonds. The zero-order valence-electron chi connectivity index (χ0n) is 14.1. The van der Waals surface area contributed by atoms with Gasteiger partial charge in [0.15, 0.2) is 0 Å². The van der Waals surface area contributed by atoms with Crippen LogP contribution in [0, 0.1) is 12.8 Å². The summed E-state index contributed by atoms with van der Waals surface area (Å²) in [5, 5.41) is 12.9. The molecule has 25 heavy (non-hydrogen) atoms. The van der Waals surface area contributed by atoms with E-state index in [4.69, 9.17) is 4.74 Å². The molecule has 0 saturated heterocycles. The molecule has 0 aromatic heterocycles. The van der Waals surface area contributed by atoms with Crippen molar-refractivity contribution < 1.29 is 14.6 Å². The number of anilines is 1. The topological polar surface area (TPSA) is 58.6 Å². The van der Waals surface area contributed by atoms with Crippen LogP contribution in [0.2, 0.25) is 0 Å². The van der Waals surface area contributed by atoms with Gasteiger partial charge >= 0.3 is 5.97 Å². The molecule has 2 aliphatic rings. The number of hydrogen-bond donors (Lipinski definition) is 2. The molecule has 0 fully saturated rings. The van der Waals surface area contributed by atoms with Gasteiger partial charge in [-0.05, 0) is 31.0 Å². The first-order chi connectivity index (χ1) is 12.1. The van der Waals surface area contributed by atoms with E-state index in [0.29, 0.717) is 6.61 Å². The lowest BCUT2D eigenvalue weighted by Crippen LogP contribution is -2.42. The van der Waals surface area contributed by atoms with Crippen LogP contribution in [0.1, 0.15) is 29.0 Å². The number of aryl methyl sites for hydroxylation is 1. The van der Waals surface area contributed by atoms with Crippen LogP contribution >= 0.6 is 0 Å². The average molecular weight is 335 g/mol. The molecule has 128 valence electrons. The standard InChI is InChI=1S/C21H21NO3/c1-13-8-10-15(11-9-13)25-12-14-4-2-6-17-16-5-3-7-18(16)20(21(23)24)22-19(14)17/h2-6,8-11,16,18,20,22H,7,12H2,1H3,(H,23,24). The second-order valence-corrected chi connectivity index (χ2v) is 6.80. The number of allylic oxidation sites excluding steroid dienone is 2. The third kappa shape index (κ3) is 2.88. The van der Waals surface area contributed by atoms with Gasteiger partial charge < -0.3 is 15.2 Å². The van der Waals surface area contributed by atoms with Crippen molar-refractivity contribution in [2.24, 2.45) is 5.92 Å². The molecule has 2 aromatic carbocycles. The van der Waals surface area contributed by atoms with Crippen LogP contribution < -0.4 is 10.1 Å².